The van der Waals surface area contributed by atoms with Crippen molar-refractivity contribution in [2.45, 2.75) is 32.5 Å². The van der Waals surface area contributed by atoms with Crippen LogP contribution in [0.25, 0.3) is 0 Å². The van der Waals surface area contributed by atoms with Crippen LogP contribution in [0.5, 0.6) is 0 Å². The fraction of sp³-hybridized carbons (Fsp3) is 0.417. The third-order valence-electron chi connectivity index (χ3n) is 2.66. The first kappa shape index (κ1) is 11.2. The van der Waals surface area contributed by atoms with Crippen LogP contribution in [-0.4, -0.2) is 17.3 Å². The Labute approximate surface area is 102 Å². The molecule has 0 radical (unpaired) electrons. The van der Waals surface area contributed by atoms with Gasteiger partial charge in [-0.1, -0.05) is 17.7 Å². The molecule has 1 fully saturated rings. The molecule has 0 bridgehead atoms. The summed E-state index contributed by atoms with van der Waals surface area (Å²) in [6.07, 6.45) is 1.22. The van der Waals surface area contributed by atoms with Crippen LogP contribution < -0.4 is 16.0 Å². The summed E-state index contributed by atoms with van der Waals surface area (Å²) in [5, 5.41) is 10.6. The number of thiocarbonyl (C=S) groups is 1. The van der Waals surface area contributed by atoms with E-state index < -0.39 is 0 Å². The molecule has 1 aromatic carbocycles. The Morgan fingerprint density at radius 3 is 2.56 bits per heavy atom. The van der Waals surface area contributed by atoms with E-state index in [-0.39, 0.29) is 6.17 Å². The molecule has 1 heterocycles. The van der Waals surface area contributed by atoms with Crippen LogP contribution in [0.3, 0.4) is 0 Å². The van der Waals surface area contributed by atoms with E-state index in [1.165, 1.54) is 5.56 Å². The minimum absolute atomic E-state index is 0.214. The lowest BCUT2D eigenvalue weighted by molar-refractivity contribution is 0.475. The van der Waals surface area contributed by atoms with E-state index in [2.05, 4.69) is 54.1 Å². The number of nitrogens with one attached hydrogen (secondary N) is 3. The summed E-state index contributed by atoms with van der Waals surface area (Å²) in [6.45, 7) is 4.22. The van der Waals surface area contributed by atoms with Gasteiger partial charge in [0.2, 0.25) is 0 Å². The Morgan fingerprint density at radius 2 is 1.94 bits per heavy atom. The minimum atomic E-state index is 0.214. The van der Waals surface area contributed by atoms with Crippen LogP contribution >= 0.6 is 12.2 Å². The Bertz CT molecular complexity index is 374. The fourth-order valence-electron chi connectivity index (χ4n) is 1.84. The van der Waals surface area contributed by atoms with Gasteiger partial charge in [0.15, 0.2) is 5.11 Å². The largest absolute Gasteiger partial charge is 0.365 e. The van der Waals surface area contributed by atoms with Crippen molar-refractivity contribution in [2.24, 2.45) is 0 Å². The average Bonchev–Trinajstić information content (AvgIpc) is 2.20. The normalized spacial score (nSPS) is 24.5. The number of hydrogen-bond donors (Lipinski definition) is 3. The molecule has 3 nitrogen and oxygen atoms in total. The lowest BCUT2D eigenvalue weighted by Crippen LogP contribution is -2.55. The average molecular weight is 235 g/mol. The van der Waals surface area contributed by atoms with E-state index in [0.29, 0.717) is 6.04 Å². The van der Waals surface area contributed by atoms with Crippen LogP contribution in [0.2, 0.25) is 0 Å². The van der Waals surface area contributed by atoms with Crippen LogP contribution in [0.15, 0.2) is 24.3 Å². The zero-order valence-corrected chi connectivity index (χ0v) is 10.4. The van der Waals surface area contributed by atoms with Gasteiger partial charge in [-0.25, -0.2) is 0 Å². The van der Waals surface area contributed by atoms with Gasteiger partial charge in [0.25, 0.3) is 0 Å². The molecule has 1 aliphatic rings. The highest BCUT2D eigenvalue weighted by Crippen LogP contribution is 2.12. The van der Waals surface area contributed by atoms with Gasteiger partial charge >= 0.3 is 0 Å². The van der Waals surface area contributed by atoms with Crippen LogP contribution in [0.1, 0.15) is 18.9 Å². The molecule has 1 aromatic rings. The van der Waals surface area contributed by atoms with Gasteiger partial charge in [-0.15, -0.1) is 0 Å². The molecule has 3 N–H and O–H groups in total. The Morgan fingerprint density at radius 1 is 1.25 bits per heavy atom. The van der Waals surface area contributed by atoms with E-state index in [9.17, 15) is 0 Å². The summed E-state index contributed by atoms with van der Waals surface area (Å²) in [7, 11) is 0. The molecule has 2 rings (SSSR count). The maximum absolute atomic E-state index is 5.13. The highest BCUT2D eigenvalue weighted by Gasteiger charge is 2.19. The van der Waals surface area contributed by atoms with Crippen molar-refractivity contribution in [3.05, 3.63) is 29.8 Å². The second-order valence-electron chi connectivity index (χ2n) is 4.32. The number of hydrogen-bond acceptors (Lipinski definition) is 2. The lowest BCUT2D eigenvalue weighted by Gasteiger charge is -2.32. The lowest BCUT2D eigenvalue weighted by atomic mass is 10.1. The van der Waals surface area contributed by atoms with E-state index >= 15 is 0 Å². The highest BCUT2D eigenvalue weighted by atomic mass is 32.1. The predicted octanol–water partition coefficient (Wildman–Crippen LogP) is 1.99. The first-order valence-corrected chi connectivity index (χ1v) is 5.94. The Balaban J connectivity index is 1.98. The first-order chi connectivity index (χ1) is 7.63. The number of aryl methyl sites for hydroxylation is 1. The molecule has 0 aromatic heterocycles. The molecule has 4 heteroatoms. The second kappa shape index (κ2) is 4.70. The molecule has 0 amide bonds. The van der Waals surface area contributed by atoms with Crippen molar-refractivity contribution < 1.29 is 0 Å². The van der Waals surface area contributed by atoms with E-state index in [1.54, 1.807) is 0 Å². The van der Waals surface area contributed by atoms with Gasteiger partial charge in [-0.3, -0.25) is 0 Å². The van der Waals surface area contributed by atoms with Crippen LogP contribution in [0.4, 0.5) is 5.69 Å². The SMILES string of the molecule is Cc1ccc(N[C@@H]2C[C@@H](C)NC(=S)N2)cc1. The number of anilines is 1. The van der Waals surface area contributed by atoms with Gasteiger partial charge < -0.3 is 16.0 Å². The van der Waals surface area contributed by atoms with Gasteiger partial charge in [-0.2, -0.15) is 0 Å². The molecule has 0 aliphatic carbocycles. The predicted molar refractivity (Wildman–Crippen MR) is 71.5 cm³/mol. The molecule has 0 saturated carbocycles. The standard InChI is InChI=1S/C12H17N3S/c1-8-3-5-10(6-4-8)14-11-7-9(2)13-12(16)15-11/h3-6,9,11,14H,7H2,1-2H3,(H2,13,15,16)/t9-,11+/m1/s1. The molecule has 86 valence electrons. The summed E-state index contributed by atoms with van der Waals surface area (Å²) in [4.78, 5) is 0. The zero-order chi connectivity index (χ0) is 11.5. The number of benzene rings is 1. The molecule has 0 unspecified atom stereocenters. The molecule has 16 heavy (non-hydrogen) atoms. The summed E-state index contributed by atoms with van der Waals surface area (Å²) in [6, 6.07) is 8.80. The first-order valence-electron chi connectivity index (χ1n) is 5.54. The highest BCUT2D eigenvalue weighted by molar-refractivity contribution is 7.80. The molecular weight excluding hydrogens is 218 g/mol. The Kier molecular flexibility index (Phi) is 3.29. The van der Waals surface area contributed by atoms with E-state index in [1.807, 2.05) is 0 Å². The number of rotatable bonds is 2. The van der Waals surface area contributed by atoms with Gasteiger partial charge in [0.05, 0.1) is 0 Å². The van der Waals surface area contributed by atoms with Gasteiger partial charge in [0, 0.05) is 18.2 Å². The topological polar surface area (TPSA) is 36.1 Å². The van der Waals surface area contributed by atoms with Gasteiger partial charge in [0.1, 0.15) is 6.17 Å². The smallest absolute Gasteiger partial charge is 0.168 e. The van der Waals surface area contributed by atoms with Crippen molar-refractivity contribution in [1.82, 2.24) is 10.6 Å². The maximum atomic E-state index is 5.13. The third kappa shape index (κ3) is 2.85. The minimum Gasteiger partial charge on any atom is -0.365 e. The van der Waals surface area contributed by atoms with Gasteiger partial charge in [-0.05, 0) is 38.2 Å². The monoisotopic (exact) mass is 235 g/mol. The summed E-state index contributed by atoms with van der Waals surface area (Å²) in [5.41, 5.74) is 2.40. The molecule has 2 atom stereocenters. The molecule has 1 saturated heterocycles. The van der Waals surface area contributed by atoms with Crippen LogP contribution in [-0.2, 0) is 0 Å². The third-order valence-corrected chi connectivity index (χ3v) is 2.90. The summed E-state index contributed by atoms with van der Waals surface area (Å²) < 4.78 is 0. The summed E-state index contributed by atoms with van der Waals surface area (Å²) in [5.74, 6) is 0. The van der Waals surface area contributed by atoms with E-state index in [0.717, 1.165) is 17.2 Å². The molecular formula is C12H17N3S. The fourth-order valence-corrected chi connectivity index (χ4v) is 2.18. The second-order valence-corrected chi connectivity index (χ2v) is 4.73. The van der Waals surface area contributed by atoms with Crippen molar-refractivity contribution >= 4 is 23.0 Å². The zero-order valence-electron chi connectivity index (χ0n) is 9.58. The van der Waals surface area contributed by atoms with Crippen molar-refractivity contribution in [2.75, 3.05) is 5.32 Å². The van der Waals surface area contributed by atoms with Crippen molar-refractivity contribution in [3.8, 4) is 0 Å². The van der Waals surface area contributed by atoms with Crippen LogP contribution in [0, 0.1) is 6.92 Å². The van der Waals surface area contributed by atoms with E-state index in [4.69, 9.17) is 12.2 Å². The molecule has 0 spiro atoms. The summed E-state index contributed by atoms with van der Waals surface area (Å²) >= 11 is 5.13. The quantitative estimate of drug-likeness (QED) is 0.685. The molecule has 1 aliphatic heterocycles. The van der Waals surface area contributed by atoms with Crippen molar-refractivity contribution in [1.29, 1.82) is 0 Å². The Hall–Kier alpha value is -1.29. The maximum Gasteiger partial charge on any atom is 0.168 e. The van der Waals surface area contributed by atoms with Crippen molar-refractivity contribution in [3.63, 3.8) is 0 Å².